The van der Waals surface area contributed by atoms with E-state index in [0.717, 1.165) is 22.8 Å². The normalized spacial score (nSPS) is 11.7. The molecule has 0 amide bonds. The molecule has 0 fully saturated rings. The Balaban J connectivity index is 1.60. The average Bonchev–Trinajstić information content (AvgIpc) is 3.48. The summed E-state index contributed by atoms with van der Waals surface area (Å²) < 4.78 is 22.1. The molecular formula is C22H26FN7OS. The molecule has 0 saturated carbocycles. The second-order valence-corrected chi connectivity index (χ2v) is 9.25. The first-order valence-electron chi connectivity index (χ1n) is 10.2. The molecule has 4 heterocycles. The van der Waals surface area contributed by atoms with E-state index in [2.05, 4.69) is 46.1 Å². The first-order valence-corrected chi connectivity index (χ1v) is 11.1. The van der Waals surface area contributed by atoms with E-state index in [1.54, 1.807) is 18.1 Å². The zero-order valence-electron chi connectivity index (χ0n) is 18.8. The monoisotopic (exact) mass is 455 g/mol. The number of hydrogen-bond donors (Lipinski definition) is 1. The number of rotatable bonds is 7. The van der Waals surface area contributed by atoms with Crippen LogP contribution in [0, 0.1) is 6.92 Å². The van der Waals surface area contributed by atoms with Gasteiger partial charge in [-0.3, -0.25) is 0 Å². The average molecular weight is 456 g/mol. The third-order valence-corrected chi connectivity index (χ3v) is 5.63. The first kappa shape index (κ1) is 21.9. The maximum atomic E-state index is 13.0. The Morgan fingerprint density at radius 2 is 2.00 bits per heavy atom. The van der Waals surface area contributed by atoms with Crippen molar-refractivity contribution < 1.29 is 9.13 Å². The van der Waals surface area contributed by atoms with Crippen LogP contribution in [0.5, 0.6) is 5.88 Å². The van der Waals surface area contributed by atoms with Crippen molar-refractivity contribution >= 4 is 22.3 Å². The number of pyridine rings is 1. The topological polar surface area (TPSA) is 82.7 Å². The Morgan fingerprint density at radius 3 is 2.66 bits per heavy atom. The minimum absolute atomic E-state index is 0.137. The third kappa shape index (κ3) is 4.50. The van der Waals surface area contributed by atoms with E-state index in [0.29, 0.717) is 22.5 Å². The van der Waals surface area contributed by atoms with Gasteiger partial charge < -0.3 is 14.6 Å². The Morgan fingerprint density at radius 1 is 1.19 bits per heavy atom. The van der Waals surface area contributed by atoms with Crippen LogP contribution in [0.1, 0.15) is 32.2 Å². The summed E-state index contributed by atoms with van der Waals surface area (Å²) in [5, 5.41) is 10.4. The SMILES string of the molecule is COc1nc(-c2csc(Nc3cc(C(C)(C)C)nn3CCF)n2)ccc1-n1cnc(C)c1. The van der Waals surface area contributed by atoms with Crippen molar-refractivity contribution in [1.29, 1.82) is 0 Å². The van der Waals surface area contributed by atoms with Crippen LogP contribution in [0.2, 0.25) is 0 Å². The molecule has 0 bridgehead atoms. The highest BCUT2D eigenvalue weighted by atomic mass is 32.1. The third-order valence-electron chi connectivity index (χ3n) is 4.87. The lowest BCUT2D eigenvalue weighted by Gasteiger charge is -2.13. The number of imidazole rings is 1. The van der Waals surface area contributed by atoms with E-state index in [1.165, 1.54) is 11.3 Å². The van der Waals surface area contributed by atoms with E-state index < -0.39 is 6.67 Å². The van der Waals surface area contributed by atoms with Crippen molar-refractivity contribution in [2.45, 2.75) is 39.7 Å². The number of aryl methyl sites for hydroxylation is 2. The van der Waals surface area contributed by atoms with Crippen molar-refractivity contribution in [3.63, 3.8) is 0 Å². The molecule has 0 aromatic carbocycles. The number of nitrogens with one attached hydrogen (secondary N) is 1. The Kier molecular flexibility index (Phi) is 5.96. The maximum Gasteiger partial charge on any atom is 0.238 e. The molecule has 0 spiro atoms. The minimum atomic E-state index is -0.491. The molecule has 0 aliphatic rings. The molecule has 0 saturated heterocycles. The summed E-state index contributed by atoms with van der Waals surface area (Å²) in [6, 6.07) is 5.78. The molecule has 0 radical (unpaired) electrons. The standard InChI is InChI=1S/C22H26FN7OS/c1-14-11-29(13-24-14)17-7-6-15(25-20(17)31-5)16-12-32-21(26-16)27-19-10-18(22(2,3)4)28-30(19)9-8-23/h6-7,10-13H,8-9H2,1-5H3,(H,26,27). The van der Waals surface area contributed by atoms with Gasteiger partial charge in [0.2, 0.25) is 5.88 Å². The molecule has 4 aromatic heterocycles. The number of aromatic nitrogens is 6. The Bertz CT molecular complexity index is 1220. The summed E-state index contributed by atoms with van der Waals surface area (Å²) in [6.07, 6.45) is 3.64. The van der Waals surface area contributed by atoms with Crippen LogP contribution in [0.4, 0.5) is 15.3 Å². The zero-order valence-corrected chi connectivity index (χ0v) is 19.6. The van der Waals surface area contributed by atoms with Crippen molar-refractivity contribution in [3.05, 3.63) is 47.5 Å². The fourth-order valence-electron chi connectivity index (χ4n) is 3.17. The smallest absolute Gasteiger partial charge is 0.238 e. The number of nitrogens with zero attached hydrogens (tertiary/aromatic N) is 6. The molecule has 0 atom stereocenters. The van der Waals surface area contributed by atoms with Gasteiger partial charge in [-0.2, -0.15) is 5.10 Å². The first-order chi connectivity index (χ1) is 15.3. The second-order valence-electron chi connectivity index (χ2n) is 8.39. The highest BCUT2D eigenvalue weighted by molar-refractivity contribution is 7.14. The van der Waals surface area contributed by atoms with Gasteiger partial charge in [0, 0.05) is 23.1 Å². The van der Waals surface area contributed by atoms with Crippen LogP contribution in [-0.2, 0) is 12.0 Å². The highest BCUT2D eigenvalue weighted by Crippen LogP contribution is 2.31. The van der Waals surface area contributed by atoms with Gasteiger partial charge in [-0.1, -0.05) is 20.8 Å². The summed E-state index contributed by atoms with van der Waals surface area (Å²) in [6.45, 7) is 7.86. The van der Waals surface area contributed by atoms with Crippen LogP contribution in [0.15, 0.2) is 36.1 Å². The van der Waals surface area contributed by atoms with Crippen LogP contribution >= 0.6 is 11.3 Å². The maximum absolute atomic E-state index is 13.0. The summed E-state index contributed by atoms with van der Waals surface area (Å²) in [7, 11) is 1.59. The lowest BCUT2D eigenvalue weighted by Crippen LogP contribution is -2.13. The number of anilines is 2. The Labute approximate surface area is 190 Å². The molecule has 32 heavy (non-hydrogen) atoms. The zero-order chi connectivity index (χ0) is 22.9. The molecule has 8 nitrogen and oxygen atoms in total. The van der Waals surface area contributed by atoms with E-state index in [-0.39, 0.29) is 12.0 Å². The van der Waals surface area contributed by atoms with Gasteiger partial charge in [0.1, 0.15) is 23.9 Å². The molecular weight excluding hydrogens is 429 g/mol. The summed E-state index contributed by atoms with van der Waals surface area (Å²) in [5.41, 5.74) is 3.88. The second kappa shape index (κ2) is 8.70. The van der Waals surface area contributed by atoms with Gasteiger partial charge >= 0.3 is 0 Å². The van der Waals surface area contributed by atoms with Gasteiger partial charge in [0.15, 0.2) is 5.13 Å². The van der Waals surface area contributed by atoms with Crippen LogP contribution in [-0.4, -0.2) is 43.1 Å². The molecule has 1 N–H and O–H groups in total. The molecule has 0 aliphatic heterocycles. The highest BCUT2D eigenvalue weighted by Gasteiger charge is 2.20. The number of alkyl halides is 1. The lowest BCUT2D eigenvalue weighted by molar-refractivity contribution is 0.396. The molecule has 0 aliphatic carbocycles. The quantitative estimate of drug-likeness (QED) is 0.426. The van der Waals surface area contributed by atoms with Gasteiger partial charge in [-0.05, 0) is 19.1 Å². The largest absolute Gasteiger partial charge is 0.479 e. The predicted molar refractivity (Wildman–Crippen MR) is 124 cm³/mol. The number of halogens is 1. The fourth-order valence-corrected chi connectivity index (χ4v) is 3.88. The summed E-state index contributed by atoms with van der Waals surface area (Å²) >= 11 is 1.45. The van der Waals surface area contributed by atoms with Crippen molar-refractivity contribution in [1.82, 2.24) is 29.3 Å². The predicted octanol–water partition coefficient (Wildman–Crippen LogP) is 4.91. The molecule has 10 heteroatoms. The van der Waals surface area contributed by atoms with Gasteiger partial charge in [-0.25, -0.2) is 24.0 Å². The summed E-state index contributed by atoms with van der Waals surface area (Å²) in [5.74, 6) is 1.20. The number of methoxy groups -OCH3 is 1. The van der Waals surface area contributed by atoms with Crippen molar-refractivity contribution in [2.24, 2.45) is 0 Å². The summed E-state index contributed by atoms with van der Waals surface area (Å²) in [4.78, 5) is 13.6. The van der Waals surface area contributed by atoms with E-state index in [1.807, 2.05) is 41.3 Å². The van der Waals surface area contributed by atoms with Crippen LogP contribution in [0.3, 0.4) is 0 Å². The van der Waals surface area contributed by atoms with E-state index >= 15 is 0 Å². The number of hydrogen-bond acceptors (Lipinski definition) is 7. The van der Waals surface area contributed by atoms with Gasteiger partial charge in [-0.15, -0.1) is 11.3 Å². The Hall–Kier alpha value is -3.27. The van der Waals surface area contributed by atoms with Crippen molar-refractivity contribution in [2.75, 3.05) is 19.1 Å². The van der Waals surface area contributed by atoms with Crippen LogP contribution < -0.4 is 10.1 Å². The van der Waals surface area contributed by atoms with E-state index in [4.69, 9.17) is 4.74 Å². The van der Waals surface area contributed by atoms with Crippen molar-refractivity contribution in [3.8, 4) is 23.0 Å². The van der Waals surface area contributed by atoms with E-state index in [9.17, 15) is 4.39 Å². The van der Waals surface area contributed by atoms with Gasteiger partial charge in [0.05, 0.1) is 37.1 Å². The van der Waals surface area contributed by atoms with Crippen LogP contribution in [0.25, 0.3) is 17.1 Å². The number of ether oxygens (including phenoxy) is 1. The molecule has 4 aromatic rings. The lowest BCUT2D eigenvalue weighted by atomic mass is 9.92. The minimum Gasteiger partial charge on any atom is -0.479 e. The fraction of sp³-hybridized carbons (Fsp3) is 0.364. The van der Waals surface area contributed by atoms with Gasteiger partial charge in [0.25, 0.3) is 0 Å². The molecule has 4 rings (SSSR count). The molecule has 0 unspecified atom stereocenters. The molecule has 168 valence electrons. The number of thiazole rings is 1.